The molecule has 0 amide bonds. The van der Waals surface area contributed by atoms with Crippen LogP contribution in [0, 0.1) is 0 Å². The van der Waals surface area contributed by atoms with Crippen LogP contribution in [-0.2, 0) is 0 Å². The first kappa shape index (κ1) is 13.1. The highest BCUT2D eigenvalue weighted by Gasteiger charge is 2.28. The van der Waals surface area contributed by atoms with Crippen molar-refractivity contribution in [2.75, 3.05) is 4.90 Å². The van der Waals surface area contributed by atoms with E-state index in [-0.39, 0.29) is 6.04 Å². The first-order valence-corrected chi connectivity index (χ1v) is 6.86. The summed E-state index contributed by atoms with van der Waals surface area (Å²) in [5, 5.41) is 0. The lowest BCUT2D eigenvalue weighted by Crippen LogP contribution is -2.37. The minimum atomic E-state index is -0.134. The first-order chi connectivity index (χ1) is 10.4. The molecule has 0 saturated heterocycles. The van der Waals surface area contributed by atoms with Crippen molar-refractivity contribution < 1.29 is 4.79 Å². The minimum Gasteiger partial charge on any atom is -0.361 e. The summed E-state index contributed by atoms with van der Waals surface area (Å²) in [5.74, 6) is 0. The van der Waals surface area contributed by atoms with Gasteiger partial charge in [-0.25, -0.2) is 0 Å². The van der Waals surface area contributed by atoms with Crippen molar-refractivity contribution in [2.45, 2.75) is 6.04 Å². The van der Waals surface area contributed by atoms with Gasteiger partial charge in [0, 0.05) is 17.5 Å². The Bertz CT molecular complexity index is 671. The van der Waals surface area contributed by atoms with Gasteiger partial charge in [-0.3, -0.25) is 0 Å². The Morgan fingerprint density at radius 1 is 0.810 bits per heavy atom. The molecule has 3 rings (SSSR count). The zero-order valence-corrected chi connectivity index (χ0v) is 11.5. The Morgan fingerprint density at radius 2 is 1.38 bits per heavy atom. The van der Waals surface area contributed by atoms with Crippen LogP contribution in [0.25, 0.3) is 5.53 Å². The third kappa shape index (κ3) is 2.69. The molecule has 0 aromatic heterocycles. The van der Waals surface area contributed by atoms with Gasteiger partial charge in [-0.05, 0) is 30.3 Å². The van der Waals surface area contributed by atoms with Crippen molar-refractivity contribution in [3.63, 3.8) is 0 Å². The van der Waals surface area contributed by atoms with Crippen LogP contribution < -0.4 is 4.90 Å². The van der Waals surface area contributed by atoms with Gasteiger partial charge in [0.1, 0.15) is 0 Å². The highest BCUT2D eigenvalue weighted by Crippen LogP contribution is 2.29. The molecule has 3 heteroatoms. The molecule has 0 fully saturated rings. The van der Waals surface area contributed by atoms with Crippen LogP contribution >= 0.6 is 0 Å². The fourth-order valence-corrected chi connectivity index (χ4v) is 2.48. The molecule has 0 aliphatic heterocycles. The Labute approximate surface area is 124 Å². The zero-order chi connectivity index (χ0) is 14.5. The van der Waals surface area contributed by atoms with Crippen molar-refractivity contribution in [3.8, 4) is 0 Å². The van der Waals surface area contributed by atoms with Gasteiger partial charge in [0.15, 0.2) is 6.04 Å². The third-order valence-electron chi connectivity index (χ3n) is 3.44. The molecule has 1 unspecified atom stereocenters. The van der Waals surface area contributed by atoms with E-state index in [1.807, 2.05) is 85.0 Å². The second-order valence-corrected chi connectivity index (χ2v) is 4.75. The number of hydrogen-bond acceptors (Lipinski definition) is 1. The van der Waals surface area contributed by atoms with Gasteiger partial charge >= 0.3 is 5.71 Å². The molecule has 102 valence electrons. The van der Waals surface area contributed by atoms with Gasteiger partial charge < -0.3 is 10.4 Å². The highest BCUT2D eigenvalue weighted by molar-refractivity contribution is 6.01. The lowest BCUT2D eigenvalue weighted by Gasteiger charge is -2.29. The number of rotatable bonds is 3. The van der Waals surface area contributed by atoms with Crippen LogP contribution in [-0.4, -0.2) is 16.5 Å². The summed E-state index contributed by atoms with van der Waals surface area (Å²) in [6.07, 6.45) is 7.69. The number of anilines is 2. The second-order valence-electron chi connectivity index (χ2n) is 4.75. The Kier molecular flexibility index (Phi) is 3.77. The van der Waals surface area contributed by atoms with E-state index in [4.69, 9.17) is 0 Å². The minimum absolute atomic E-state index is 0.134. The topological polar surface area (TPSA) is 39.6 Å². The summed E-state index contributed by atoms with van der Waals surface area (Å²) in [4.78, 5) is 5.59. The predicted octanol–water partition coefficient (Wildman–Crippen LogP) is 3.99. The molecule has 0 radical (unpaired) electrons. The standard InChI is InChI=1S/C18H15N3/c19-20-17-13-7-8-14-18(17)21(15-9-3-1-4-10-15)16-11-5-2-6-12-16/h1-14,18H. The normalized spacial score (nSPS) is 16.6. The van der Waals surface area contributed by atoms with Crippen molar-refractivity contribution in [3.05, 3.63) is 90.5 Å². The third-order valence-corrected chi connectivity index (χ3v) is 3.44. The molecule has 1 atom stereocenters. The quantitative estimate of drug-likeness (QED) is 0.615. The van der Waals surface area contributed by atoms with Crippen LogP contribution in [0.2, 0.25) is 0 Å². The lowest BCUT2D eigenvalue weighted by atomic mass is 10.0. The number of allylic oxidation sites excluding steroid dienone is 2. The molecule has 0 saturated carbocycles. The average molecular weight is 273 g/mol. The summed E-state index contributed by atoms with van der Waals surface area (Å²) >= 11 is 0. The molecule has 21 heavy (non-hydrogen) atoms. The van der Waals surface area contributed by atoms with E-state index in [0.29, 0.717) is 5.71 Å². The van der Waals surface area contributed by atoms with E-state index >= 15 is 0 Å². The lowest BCUT2D eigenvalue weighted by molar-refractivity contribution is -0.00662. The molecular formula is C18H15N3. The van der Waals surface area contributed by atoms with E-state index < -0.39 is 0 Å². The van der Waals surface area contributed by atoms with Crippen LogP contribution in [0.15, 0.2) is 85.0 Å². The van der Waals surface area contributed by atoms with E-state index in [0.717, 1.165) is 11.4 Å². The molecule has 1 aliphatic rings. The summed E-state index contributed by atoms with van der Waals surface area (Å²) < 4.78 is 0. The van der Waals surface area contributed by atoms with Gasteiger partial charge in [-0.15, -0.1) is 0 Å². The predicted molar refractivity (Wildman–Crippen MR) is 85.7 cm³/mol. The van der Waals surface area contributed by atoms with E-state index in [1.165, 1.54) is 0 Å². The summed E-state index contributed by atoms with van der Waals surface area (Å²) in [5.41, 5.74) is 12.0. The van der Waals surface area contributed by atoms with Crippen LogP contribution in [0.5, 0.6) is 0 Å². The van der Waals surface area contributed by atoms with E-state index in [1.54, 1.807) is 0 Å². The number of para-hydroxylation sites is 2. The Hall–Kier alpha value is -2.90. The van der Waals surface area contributed by atoms with Crippen molar-refractivity contribution in [1.29, 1.82) is 0 Å². The average Bonchev–Trinajstić information content (AvgIpc) is 2.58. The van der Waals surface area contributed by atoms with Crippen LogP contribution in [0.3, 0.4) is 0 Å². The van der Waals surface area contributed by atoms with Crippen LogP contribution in [0.4, 0.5) is 11.4 Å². The Balaban J connectivity index is 2.11. The van der Waals surface area contributed by atoms with Crippen molar-refractivity contribution in [2.24, 2.45) is 0 Å². The monoisotopic (exact) mass is 273 g/mol. The highest BCUT2D eigenvalue weighted by atomic mass is 15.2. The maximum atomic E-state index is 9.28. The summed E-state index contributed by atoms with van der Waals surface area (Å²) in [6.45, 7) is 0. The van der Waals surface area contributed by atoms with Gasteiger partial charge in [0.2, 0.25) is 0 Å². The van der Waals surface area contributed by atoms with Gasteiger partial charge in [0.25, 0.3) is 0 Å². The van der Waals surface area contributed by atoms with Crippen LogP contribution in [0.1, 0.15) is 0 Å². The maximum absolute atomic E-state index is 9.28. The molecule has 3 nitrogen and oxygen atoms in total. The number of hydrogen-bond donors (Lipinski definition) is 0. The molecule has 1 aliphatic carbocycles. The molecular weight excluding hydrogens is 258 g/mol. The van der Waals surface area contributed by atoms with E-state index in [9.17, 15) is 5.53 Å². The molecule has 0 spiro atoms. The van der Waals surface area contributed by atoms with Gasteiger partial charge in [-0.1, -0.05) is 48.6 Å². The molecule has 0 bridgehead atoms. The van der Waals surface area contributed by atoms with Gasteiger partial charge in [0.05, 0.1) is 0 Å². The smallest absolute Gasteiger partial charge is 0.318 e. The molecule has 2 aromatic rings. The molecule has 0 heterocycles. The number of nitrogens with zero attached hydrogens (tertiary/aromatic N) is 3. The first-order valence-electron chi connectivity index (χ1n) is 6.86. The summed E-state index contributed by atoms with van der Waals surface area (Å²) in [7, 11) is 0. The number of benzene rings is 2. The Morgan fingerprint density at radius 3 is 1.90 bits per heavy atom. The molecule has 2 aromatic carbocycles. The fourth-order valence-electron chi connectivity index (χ4n) is 2.48. The zero-order valence-electron chi connectivity index (χ0n) is 11.5. The van der Waals surface area contributed by atoms with Gasteiger partial charge in [-0.2, -0.15) is 4.79 Å². The summed E-state index contributed by atoms with van der Waals surface area (Å²) in [6, 6.07) is 20.1. The molecule has 0 N–H and O–H groups in total. The van der Waals surface area contributed by atoms with E-state index in [2.05, 4.69) is 9.69 Å². The van der Waals surface area contributed by atoms with Crippen molar-refractivity contribution in [1.82, 2.24) is 0 Å². The van der Waals surface area contributed by atoms with Crippen molar-refractivity contribution >= 4 is 17.1 Å². The largest absolute Gasteiger partial charge is 0.361 e. The maximum Gasteiger partial charge on any atom is 0.318 e. The fraction of sp³-hybridized carbons (Fsp3) is 0.0556. The second kappa shape index (κ2) is 6.04. The SMILES string of the molecule is [N-]=[N+]=C1C=CC=CC1N(c1ccccc1)c1ccccc1.